The molecular formula is C26H29N3OS. The fourth-order valence-electron chi connectivity index (χ4n) is 6.83. The Bertz CT molecular complexity index is 1090. The molecule has 7 rings (SSSR count). The molecule has 4 aliphatic rings. The first-order valence-electron chi connectivity index (χ1n) is 11.7. The molecule has 31 heavy (non-hydrogen) atoms. The van der Waals surface area contributed by atoms with Crippen LogP contribution in [0, 0.1) is 23.2 Å². The van der Waals surface area contributed by atoms with Crippen molar-refractivity contribution in [2.45, 2.75) is 58.4 Å². The zero-order valence-corrected chi connectivity index (χ0v) is 18.9. The number of amides is 1. The number of carbonyl (C=O) groups is 1. The van der Waals surface area contributed by atoms with Gasteiger partial charge in [-0.15, -0.1) is 0 Å². The Balaban J connectivity index is 1.40. The van der Waals surface area contributed by atoms with Gasteiger partial charge in [0.05, 0.1) is 27.9 Å². The zero-order valence-electron chi connectivity index (χ0n) is 18.1. The fraction of sp³-hybridized carbons (Fsp3) is 0.500. The van der Waals surface area contributed by atoms with Crippen LogP contribution < -0.4 is 4.90 Å². The number of thiazole rings is 1. The normalized spacial score (nSPS) is 28.9. The highest BCUT2D eigenvalue weighted by Crippen LogP contribution is 2.60. The van der Waals surface area contributed by atoms with Gasteiger partial charge in [0.1, 0.15) is 0 Å². The molecule has 0 spiro atoms. The average Bonchev–Trinajstić information content (AvgIpc) is 3.19. The van der Waals surface area contributed by atoms with E-state index < -0.39 is 0 Å². The van der Waals surface area contributed by atoms with Gasteiger partial charge in [-0.3, -0.25) is 14.7 Å². The van der Waals surface area contributed by atoms with Crippen molar-refractivity contribution in [3.63, 3.8) is 0 Å². The van der Waals surface area contributed by atoms with Gasteiger partial charge in [0, 0.05) is 6.20 Å². The lowest BCUT2D eigenvalue weighted by Gasteiger charge is -2.56. The van der Waals surface area contributed by atoms with E-state index in [0.717, 1.165) is 59.8 Å². The van der Waals surface area contributed by atoms with Crippen molar-refractivity contribution in [3.8, 4) is 0 Å². The Kier molecular flexibility index (Phi) is 4.64. The number of nitrogens with zero attached hydrogens (tertiary/aromatic N) is 3. The predicted octanol–water partition coefficient (Wildman–Crippen LogP) is 6.00. The van der Waals surface area contributed by atoms with Crippen molar-refractivity contribution in [1.82, 2.24) is 9.97 Å². The van der Waals surface area contributed by atoms with Gasteiger partial charge in [0.2, 0.25) is 5.91 Å². The van der Waals surface area contributed by atoms with Crippen LogP contribution in [0.5, 0.6) is 0 Å². The second-order valence-electron chi connectivity index (χ2n) is 10.1. The molecule has 1 amide bonds. The highest BCUT2D eigenvalue weighted by molar-refractivity contribution is 7.22. The van der Waals surface area contributed by atoms with E-state index in [-0.39, 0.29) is 5.41 Å². The van der Waals surface area contributed by atoms with Gasteiger partial charge in [-0.2, -0.15) is 0 Å². The van der Waals surface area contributed by atoms with E-state index in [4.69, 9.17) is 4.98 Å². The molecule has 0 N–H and O–H groups in total. The van der Waals surface area contributed by atoms with Gasteiger partial charge in [0.25, 0.3) is 0 Å². The van der Waals surface area contributed by atoms with Crippen molar-refractivity contribution in [2.75, 3.05) is 4.90 Å². The Hall–Kier alpha value is -2.27. The van der Waals surface area contributed by atoms with E-state index in [9.17, 15) is 4.79 Å². The smallest absolute Gasteiger partial charge is 0.235 e. The molecule has 4 bridgehead atoms. The maximum atomic E-state index is 14.3. The summed E-state index contributed by atoms with van der Waals surface area (Å²) in [6.07, 6.45) is 10.1. The number of carbonyl (C=O) groups excluding carboxylic acids is 1. The number of hydrogen-bond donors (Lipinski definition) is 0. The van der Waals surface area contributed by atoms with Gasteiger partial charge < -0.3 is 0 Å². The first kappa shape index (κ1) is 19.4. The third-order valence-corrected chi connectivity index (χ3v) is 8.91. The van der Waals surface area contributed by atoms with Crippen LogP contribution in [0.4, 0.5) is 5.13 Å². The lowest BCUT2D eigenvalue weighted by Crippen LogP contribution is -2.54. The minimum absolute atomic E-state index is 0.185. The summed E-state index contributed by atoms with van der Waals surface area (Å²) in [5.74, 6) is 2.53. The van der Waals surface area contributed by atoms with Crippen molar-refractivity contribution in [3.05, 3.63) is 53.9 Å². The molecule has 5 heteroatoms. The molecule has 1 aromatic carbocycles. The number of aryl methyl sites for hydroxylation is 1. The minimum Gasteiger partial charge on any atom is -0.282 e. The van der Waals surface area contributed by atoms with E-state index >= 15 is 0 Å². The lowest BCUT2D eigenvalue weighted by atomic mass is 9.49. The minimum atomic E-state index is -0.185. The highest BCUT2D eigenvalue weighted by atomic mass is 32.1. The van der Waals surface area contributed by atoms with Crippen molar-refractivity contribution in [1.29, 1.82) is 0 Å². The Morgan fingerprint density at radius 1 is 1.10 bits per heavy atom. The van der Waals surface area contributed by atoms with Gasteiger partial charge >= 0.3 is 0 Å². The molecule has 4 nitrogen and oxygen atoms in total. The first-order chi connectivity index (χ1) is 15.1. The molecule has 0 aliphatic heterocycles. The number of hydrogen-bond acceptors (Lipinski definition) is 4. The SMILES string of the molecule is CCc1ccc2nc(N(Cc3ccccn3)C(=O)C34CC5CC(CC(C5)C3)C4)sc2c1. The van der Waals surface area contributed by atoms with Crippen LogP contribution >= 0.6 is 11.3 Å². The number of aromatic nitrogens is 2. The average molecular weight is 432 g/mol. The Morgan fingerprint density at radius 3 is 2.48 bits per heavy atom. The Labute approximate surface area is 187 Å². The molecular weight excluding hydrogens is 402 g/mol. The van der Waals surface area contributed by atoms with Crippen LogP contribution in [0.15, 0.2) is 42.6 Å². The predicted molar refractivity (Wildman–Crippen MR) is 125 cm³/mol. The number of anilines is 1. The first-order valence-corrected chi connectivity index (χ1v) is 12.5. The molecule has 4 fully saturated rings. The van der Waals surface area contributed by atoms with Crippen molar-refractivity contribution >= 4 is 32.6 Å². The standard InChI is InChI=1S/C26H29N3OS/c1-2-17-6-7-22-23(12-17)31-25(28-22)29(16-21-5-3-4-8-27-21)24(30)26-13-18-9-19(14-26)11-20(10-18)15-26/h3-8,12,18-20H,2,9-11,13-16H2,1H3. The van der Waals surface area contributed by atoms with Crippen LogP contribution in [-0.4, -0.2) is 15.9 Å². The van der Waals surface area contributed by atoms with Gasteiger partial charge in [-0.25, -0.2) is 4.98 Å². The van der Waals surface area contributed by atoms with Crippen LogP contribution in [0.1, 0.15) is 56.7 Å². The molecule has 2 aromatic heterocycles. The monoisotopic (exact) mass is 431 g/mol. The maximum absolute atomic E-state index is 14.3. The molecule has 3 aromatic rings. The van der Waals surface area contributed by atoms with Gasteiger partial charge in [-0.05, 0) is 92.5 Å². The molecule has 0 saturated heterocycles. The Morgan fingerprint density at radius 2 is 1.84 bits per heavy atom. The second kappa shape index (κ2) is 7.40. The lowest BCUT2D eigenvalue weighted by molar-refractivity contribution is -0.143. The second-order valence-corrected chi connectivity index (χ2v) is 11.1. The van der Waals surface area contributed by atoms with E-state index in [1.54, 1.807) is 11.3 Å². The third-order valence-electron chi connectivity index (χ3n) is 7.86. The molecule has 0 radical (unpaired) electrons. The molecule has 2 heterocycles. The summed E-state index contributed by atoms with van der Waals surface area (Å²) in [4.78, 5) is 25.7. The fourth-order valence-corrected chi connectivity index (χ4v) is 7.86. The van der Waals surface area contributed by atoms with Gasteiger partial charge in [-0.1, -0.05) is 30.4 Å². The number of rotatable bonds is 5. The largest absolute Gasteiger partial charge is 0.282 e. The summed E-state index contributed by atoms with van der Waals surface area (Å²) in [6.45, 7) is 2.68. The van der Waals surface area contributed by atoms with E-state index in [0.29, 0.717) is 12.5 Å². The summed E-state index contributed by atoms with van der Waals surface area (Å²) in [5.41, 5.74) is 3.04. The van der Waals surface area contributed by atoms with Gasteiger partial charge in [0.15, 0.2) is 5.13 Å². The molecule has 4 aliphatic carbocycles. The molecule has 0 unspecified atom stereocenters. The summed E-state index contributed by atoms with van der Waals surface area (Å²) >= 11 is 1.65. The van der Waals surface area contributed by atoms with Crippen molar-refractivity contribution in [2.24, 2.45) is 23.2 Å². The summed E-state index contributed by atoms with van der Waals surface area (Å²) in [5, 5.41) is 0.828. The quantitative estimate of drug-likeness (QED) is 0.497. The van der Waals surface area contributed by atoms with Crippen LogP contribution in [-0.2, 0) is 17.8 Å². The third kappa shape index (κ3) is 3.38. The zero-order chi connectivity index (χ0) is 21.0. The molecule has 4 saturated carbocycles. The maximum Gasteiger partial charge on any atom is 0.235 e. The number of benzene rings is 1. The summed E-state index contributed by atoms with van der Waals surface area (Å²) in [7, 11) is 0. The van der Waals surface area contributed by atoms with Crippen LogP contribution in [0.2, 0.25) is 0 Å². The van der Waals surface area contributed by atoms with Crippen LogP contribution in [0.3, 0.4) is 0 Å². The topological polar surface area (TPSA) is 46.1 Å². The van der Waals surface area contributed by atoms with E-state index in [1.807, 2.05) is 29.3 Å². The van der Waals surface area contributed by atoms with Crippen LogP contribution in [0.25, 0.3) is 10.2 Å². The van der Waals surface area contributed by atoms with E-state index in [2.05, 4.69) is 30.1 Å². The summed E-state index contributed by atoms with van der Waals surface area (Å²) in [6, 6.07) is 12.4. The molecule has 0 atom stereocenters. The van der Waals surface area contributed by atoms with Crippen molar-refractivity contribution < 1.29 is 4.79 Å². The summed E-state index contributed by atoms with van der Waals surface area (Å²) < 4.78 is 1.17. The number of pyridine rings is 1. The van der Waals surface area contributed by atoms with E-state index in [1.165, 1.54) is 29.5 Å². The number of fused-ring (bicyclic) bond motifs is 1. The molecule has 160 valence electrons. The highest BCUT2D eigenvalue weighted by Gasteiger charge is 2.56.